The number of aryl methyl sites for hydroxylation is 4. The van der Waals surface area contributed by atoms with Crippen LogP contribution in [0.2, 0.25) is 0 Å². The average molecular weight is 483 g/mol. The molecule has 3 rings (SSSR count). The minimum Gasteiger partial charge on any atom is -0.493 e. The third-order valence-electron chi connectivity index (χ3n) is 5.52. The Morgan fingerprint density at radius 1 is 0.824 bits per heavy atom. The first-order chi connectivity index (χ1) is 16.0. The zero-order valence-corrected chi connectivity index (χ0v) is 21.1. The molecule has 0 heterocycles. The van der Waals surface area contributed by atoms with Gasteiger partial charge in [-0.1, -0.05) is 12.1 Å². The van der Waals surface area contributed by atoms with E-state index >= 15 is 0 Å². The number of benzene rings is 3. The number of carbonyl (C=O) groups is 1. The van der Waals surface area contributed by atoms with E-state index in [0.717, 1.165) is 26.6 Å². The largest absolute Gasteiger partial charge is 0.493 e. The number of rotatable bonds is 8. The molecule has 0 aliphatic rings. The summed E-state index contributed by atoms with van der Waals surface area (Å²) in [4.78, 5) is 13.0. The lowest BCUT2D eigenvalue weighted by molar-refractivity contribution is -0.114. The Kier molecular flexibility index (Phi) is 7.51. The van der Waals surface area contributed by atoms with E-state index in [1.165, 1.54) is 32.4 Å². The molecule has 1 N–H and O–H groups in total. The molecule has 3 aromatic carbocycles. The maximum atomic E-state index is 13.8. The molecule has 0 unspecified atom stereocenters. The Hall–Kier alpha value is -3.52. The lowest BCUT2D eigenvalue weighted by atomic mass is 10.1. The number of nitrogens with zero attached hydrogens (tertiary/aromatic N) is 1. The summed E-state index contributed by atoms with van der Waals surface area (Å²) in [7, 11) is -1.20. The van der Waals surface area contributed by atoms with Gasteiger partial charge in [-0.25, -0.2) is 8.42 Å². The van der Waals surface area contributed by atoms with Crippen LogP contribution in [0.3, 0.4) is 0 Å². The molecule has 0 fully saturated rings. The van der Waals surface area contributed by atoms with Gasteiger partial charge in [0.15, 0.2) is 11.5 Å². The van der Waals surface area contributed by atoms with E-state index in [1.54, 1.807) is 18.2 Å². The lowest BCUT2D eigenvalue weighted by Crippen LogP contribution is -2.38. The third kappa shape index (κ3) is 5.51. The molecule has 0 aliphatic carbocycles. The SMILES string of the molecule is COc1ccc(S(=O)(=O)N(CC(=O)Nc2ccc(C)c(C)c2)c2cc(C)cc(C)c2)cc1OC. The van der Waals surface area contributed by atoms with Crippen LogP contribution in [0.5, 0.6) is 11.5 Å². The van der Waals surface area contributed by atoms with Crippen LogP contribution in [0.25, 0.3) is 0 Å². The van der Waals surface area contributed by atoms with Gasteiger partial charge < -0.3 is 14.8 Å². The maximum Gasteiger partial charge on any atom is 0.264 e. The predicted octanol–water partition coefficient (Wildman–Crippen LogP) is 4.77. The second-order valence-electron chi connectivity index (χ2n) is 8.22. The molecular formula is C26H30N2O5S. The second kappa shape index (κ2) is 10.2. The highest BCUT2D eigenvalue weighted by molar-refractivity contribution is 7.92. The van der Waals surface area contributed by atoms with Gasteiger partial charge in [-0.05, 0) is 86.3 Å². The van der Waals surface area contributed by atoms with Crippen molar-refractivity contribution in [2.45, 2.75) is 32.6 Å². The minimum absolute atomic E-state index is 0.0108. The molecule has 1 amide bonds. The molecule has 0 saturated carbocycles. The fourth-order valence-corrected chi connectivity index (χ4v) is 5.08. The van der Waals surface area contributed by atoms with Crippen molar-refractivity contribution in [3.63, 3.8) is 0 Å². The number of anilines is 2. The fourth-order valence-electron chi connectivity index (χ4n) is 3.66. The van der Waals surface area contributed by atoms with Crippen molar-refractivity contribution >= 4 is 27.3 Å². The average Bonchev–Trinajstić information content (AvgIpc) is 2.78. The van der Waals surface area contributed by atoms with Crippen molar-refractivity contribution in [3.05, 3.63) is 76.9 Å². The number of methoxy groups -OCH3 is 2. The van der Waals surface area contributed by atoms with Crippen LogP contribution in [0.15, 0.2) is 59.5 Å². The summed E-state index contributed by atoms with van der Waals surface area (Å²) < 4.78 is 39.2. The molecular weight excluding hydrogens is 452 g/mol. The molecule has 0 bridgehead atoms. The summed E-state index contributed by atoms with van der Waals surface area (Å²) in [5, 5.41) is 2.81. The quantitative estimate of drug-likeness (QED) is 0.500. The standard InChI is InChI=1S/C26H30N2O5S/c1-17-11-18(2)13-22(12-17)28(16-26(29)27-21-8-7-19(3)20(4)14-21)34(30,31)23-9-10-24(32-5)25(15-23)33-6/h7-15H,16H2,1-6H3,(H,27,29). The van der Waals surface area contributed by atoms with Gasteiger partial charge >= 0.3 is 0 Å². The van der Waals surface area contributed by atoms with Crippen LogP contribution in [0.4, 0.5) is 11.4 Å². The van der Waals surface area contributed by atoms with Crippen molar-refractivity contribution < 1.29 is 22.7 Å². The Bertz CT molecular complexity index is 1300. The lowest BCUT2D eigenvalue weighted by Gasteiger charge is -2.25. The van der Waals surface area contributed by atoms with E-state index in [2.05, 4.69) is 5.32 Å². The monoisotopic (exact) mass is 482 g/mol. The van der Waals surface area contributed by atoms with Gasteiger partial charge in [-0.2, -0.15) is 0 Å². The van der Waals surface area contributed by atoms with Crippen molar-refractivity contribution in [3.8, 4) is 11.5 Å². The molecule has 0 radical (unpaired) electrons. The van der Waals surface area contributed by atoms with Crippen LogP contribution in [0.1, 0.15) is 22.3 Å². The minimum atomic E-state index is -4.11. The molecule has 0 aliphatic heterocycles. The molecule has 0 saturated heterocycles. The first-order valence-electron chi connectivity index (χ1n) is 10.8. The smallest absolute Gasteiger partial charge is 0.264 e. The van der Waals surface area contributed by atoms with Crippen molar-refractivity contribution in [1.29, 1.82) is 0 Å². The number of ether oxygens (including phenoxy) is 2. The van der Waals surface area contributed by atoms with Crippen LogP contribution >= 0.6 is 0 Å². The van der Waals surface area contributed by atoms with Crippen LogP contribution in [-0.4, -0.2) is 35.1 Å². The molecule has 0 spiro atoms. The number of hydrogen-bond acceptors (Lipinski definition) is 5. The zero-order chi connectivity index (χ0) is 25.0. The summed E-state index contributed by atoms with van der Waals surface area (Å²) in [6.45, 7) is 7.30. The van der Waals surface area contributed by atoms with Gasteiger partial charge in [-0.3, -0.25) is 9.10 Å². The zero-order valence-electron chi connectivity index (χ0n) is 20.3. The normalized spacial score (nSPS) is 11.1. The van der Waals surface area contributed by atoms with E-state index in [1.807, 2.05) is 45.9 Å². The molecule has 0 atom stereocenters. The van der Waals surface area contributed by atoms with E-state index in [0.29, 0.717) is 17.1 Å². The molecule has 0 aromatic heterocycles. The highest BCUT2D eigenvalue weighted by Crippen LogP contribution is 2.32. The number of hydrogen-bond donors (Lipinski definition) is 1. The molecule has 7 nitrogen and oxygen atoms in total. The summed E-state index contributed by atoms with van der Waals surface area (Å²) >= 11 is 0. The van der Waals surface area contributed by atoms with Crippen LogP contribution in [-0.2, 0) is 14.8 Å². The van der Waals surface area contributed by atoms with Gasteiger partial charge in [-0.15, -0.1) is 0 Å². The summed E-state index contributed by atoms with van der Waals surface area (Å²) in [6, 6.07) is 15.4. The van der Waals surface area contributed by atoms with E-state index in [-0.39, 0.29) is 10.6 Å². The highest BCUT2D eigenvalue weighted by Gasteiger charge is 2.29. The van der Waals surface area contributed by atoms with Gasteiger partial charge in [0.1, 0.15) is 6.54 Å². The molecule has 3 aromatic rings. The number of sulfonamides is 1. The van der Waals surface area contributed by atoms with E-state index in [9.17, 15) is 13.2 Å². The second-order valence-corrected chi connectivity index (χ2v) is 10.1. The van der Waals surface area contributed by atoms with Gasteiger partial charge in [0, 0.05) is 11.8 Å². The Morgan fingerprint density at radius 2 is 1.47 bits per heavy atom. The summed E-state index contributed by atoms with van der Waals surface area (Å²) in [5.74, 6) is 0.238. The van der Waals surface area contributed by atoms with Crippen LogP contribution in [0, 0.1) is 27.7 Å². The topological polar surface area (TPSA) is 84.9 Å². The fraction of sp³-hybridized carbons (Fsp3) is 0.269. The Labute approximate surface area is 201 Å². The van der Waals surface area contributed by atoms with Crippen molar-refractivity contribution in [1.82, 2.24) is 0 Å². The van der Waals surface area contributed by atoms with Gasteiger partial charge in [0.25, 0.3) is 10.0 Å². The Morgan fingerprint density at radius 3 is 2.06 bits per heavy atom. The van der Waals surface area contributed by atoms with Gasteiger partial charge in [0.05, 0.1) is 24.8 Å². The maximum absolute atomic E-state index is 13.8. The van der Waals surface area contributed by atoms with E-state index in [4.69, 9.17) is 9.47 Å². The Balaban J connectivity index is 2.03. The van der Waals surface area contributed by atoms with Crippen molar-refractivity contribution in [2.24, 2.45) is 0 Å². The summed E-state index contributed by atoms with van der Waals surface area (Å²) in [6.07, 6.45) is 0. The number of amides is 1. The number of nitrogens with one attached hydrogen (secondary N) is 1. The van der Waals surface area contributed by atoms with Crippen LogP contribution < -0.4 is 19.1 Å². The highest BCUT2D eigenvalue weighted by atomic mass is 32.2. The van der Waals surface area contributed by atoms with Crippen molar-refractivity contribution in [2.75, 3.05) is 30.4 Å². The predicted molar refractivity (Wildman–Crippen MR) is 135 cm³/mol. The third-order valence-corrected chi connectivity index (χ3v) is 7.29. The van der Waals surface area contributed by atoms with E-state index < -0.39 is 22.5 Å². The number of carbonyl (C=O) groups excluding carboxylic acids is 1. The molecule has 34 heavy (non-hydrogen) atoms. The molecule has 180 valence electrons. The molecule has 8 heteroatoms. The summed E-state index contributed by atoms with van der Waals surface area (Å²) in [5.41, 5.74) is 4.92. The first kappa shape index (κ1) is 25.1. The first-order valence-corrected chi connectivity index (χ1v) is 12.2. The van der Waals surface area contributed by atoms with Gasteiger partial charge in [0.2, 0.25) is 5.91 Å².